The molecule has 1 aliphatic rings. The van der Waals surface area contributed by atoms with Gasteiger partial charge in [-0.25, -0.2) is 9.78 Å². The fourth-order valence-electron chi connectivity index (χ4n) is 4.17. The average molecular weight is 418 g/mol. The molecule has 1 amide bonds. The number of fused-ring (bicyclic) bond motifs is 4. The number of ether oxygens (including phenoxy) is 1. The first-order valence-corrected chi connectivity index (χ1v) is 10.7. The molecule has 156 valence electrons. The number of para-hydroxylation sites is 1. The van der Waals surface area contributed by atoms with Crippen LogP contribution in [0.2, 0.25) is 0 Å². The average Bonchev–Trinajstić information content (AvgIpc) is 3.16. The molecule has 0 bridgehead atoms. The molecule has 1 aromatic heterocycles. The maximum absolute atomic E-state index is 12.2. The lowest BCUT2D eigenvalue weighted by atomic mass is 9.98. The first-order chi connectivity index (χ1) is 15.8. The summed E-state index contributed by atoms with van der Waals surface area (Å²) in [6, 6.07) is 28.5. The van der Waals surface area contributed by atoms with Crippen molar-refractivity contribution in [2.24, 2.45) is 0 Å². The normalized spacial score (nSPS) is 11.9. The van der Waals surface area contributed by atoms with Gasteiger partial charge in [0, 0.05) is 24.3 Å². The van der Waals surface area contributed by atoms with Crippen molar-refractivity contribution in [3.63, 3.8) is 0 Å². The van der Waals surface area contributed by atoms with Gasteiger partial charge in [-0.15, -0.1) is 0 Å². The van der Waals surface area contributed by atoms with Gasteiger partial charge < -0.3 is 10.1 Å². The lowest BCUT2D eigenvalue weighted by Gasteiger charge is -2.14. The summed E-state index contributed by atoms with van der Waals surface area (Å²) < 4.78 is 5.54. The Bertz CT molecular complexity index is 1300. The third-order valence-electron chi connectivity index (χ3n) is 5.68. The van der Waals surface area contributed by atoms with E-state index >= 15 is 0 Å². The number of benzene rings is 3. The van der Waals surface area contributed by atoms with E-state index < -0.39 is 6.09 Å². The number of nitrogens with one attached hydrogen (secondary N) is 1. The van der Waals surface area contributed by atoms with E-state index in [1.807, 2.05) is 60.7 Å². The van der Waals surface area contributed by atoms with Gasteiger partial charge in [-0.05, 0) is 40.3 Å². The third-order valence-corrected chi connectivity index (χ3v) is 5.68. The molecule has 0 aliphatic heterocycles. The van der Waals surface area contributed by atoms with Gasteiger partial charge in [0.25, 0.3) is 0 Å². The van der Waals surface area contributed by atoms with Crippen LogP contribution in [0.1, 0.15) is 29.2 Å². The van der Waals surface area contributed by atoms with Crippen LogP contribution in [0.4, 0.5) is 4.79 Å². The van der Waals surface area contributed by atoms with Crippen LogP contribution in [-0.2, 0) is 4.74 Å². The number of hydrogen-bond donors (Lipinski definition) is 1. The summed E-state index contributed by atoms with van der Waals surface area (Å²) in [5.41, 5.74) is 6.50. The number of alkyl carbamates (subject to hydrolysis) is 1. The second-order valence-electron chi connectivity index (χ2n) is 7.69. The maximum atomic E-state index is 12.2. The fraction of sp³-hybridized carbons (Fsp3) is 0.143. The summed E-state index contributed by atoms with van der Waals surface area (Å²) in [5.74, 6) is 6.18. The number of carbonyl (C=O) groups excluding carboxylic acids is 1. The zero-order valence-corrected chi connectivity index (χ0v) is 17.5. The highest BCUT2D eigenvalue weighted by atomic mass is 16.5. The minimum absolute atomic E-state index is 0.0620. The molecule has 0 saturated carbocycles. The Hall–Kier alpha value is -4.10. The molecule has 4 aromatic rings. The van der Waals surface area contributed by atoms with Crippen LogP contribution >= 0.6 is 0 Å². The van der Waals surface area contributed by atoms with Gasteiger partial charge in [0.2, 0.25) is 0 Å². The van der Waals surface area contributed by atoms with Crippen LogP contribution in [-0.4, -0.2) is 24.2 Å². The summed E-state index contributed by atoms with van der Waals surface area (Å²) >= 11 is 0. The number of nitrogens with zero attached hydrogens (tertiary/aromatic N) is 1. The standard InChI is InChI=1S/C28H22N2O2/c31-28(29-18-8-7-10-21-17-16-20-9-1-6-15-27(20)30-21)32-19-26-24-13-4-2-11-22(24)23-12-3-5-14-25(23)26/h1-6,9,11-17,26H,8,18-19H2,(H,29,31). The van der Waals surface area contributed by atoms with Crippen LogP contribution in [0.25, 0.3) is 22.0 Å². The highest BCUT2D eigenvalue weighted by Gasteiger charge is 2.28. The molecular weight excluding hydrogens is 396 g/mol. The van der Waals surface area contributed by atoms with E-state index in [0.29, 0.717) is 19.6 Å². The van der Waals surface area contributed by atoms with Crippen molar-refractivity contribution in [1.29, 1.82) is 0 Å². The number of hydrogen-bond acceptors (Lipinski definition) is 3. The van der Waals surface area contributed by atoms with Gasteiger partial charge in [-0.3, -0.25) is 0 Å². The lowest BCUT2D eigenvalue weighted by molar-refractivity contribution is 0.143. The van der Waals surface area contributed by atoms with Gasteiger partial charge in [0.05, 0.1) is 5.52 Å². The van der Waals surface area contributed by atoms with Crippen molar-refractivity contribution in [3.8, 4) is 23.0 Å². The van der Waals surface area contributed by atoms with E-state index in [-0.39, 0.29) is 5.92 Å². The maximum Gasteiger partial charge on any atom is 0.407 e. The monoisotopic (exact) mass is 418 g/mol. The van der Waals surface area contributed by atoms with Crippen LogP contribution in [0.3, 0.4) is 0 Å². The first kappa shape index (κ1) is 19.8. The van der Waals surface area contributed by atoms with Crippen LogP contribution in [0.5, 0.6) is 0 Å². The Morgan fingerprint density at radius 2 is 1.56 bits per heavy atom. The molecule has 1 N–H and O–H groups in total. The van der Waals surface area contributed by atoms with Crippen molar-refractivity contribution < 1.29 is 9.53 Å². The number of carbonyl (C=O) groups is 1. The summed E-state index contributed by atoms with van der Waals surface area (Å²) in [6.45, 7) is 0.740. The quantitative estimate of drug-likeness (QED) is 0.351. The highest BCUT2D eigenvalue weighted by molar-refractivity contribution is 5.79. The number of pyridine rings is 1. The SMILES string of the molecule is O=C(NCCC#Cc1ccc2ccccc2n1)OCC1c2ccccc2-c2ccccc21. The molecule has 0 unspecified atom stereocenters. The summed E-state index contributed by atoms with van der Waals surface area (Å²) in [6.07, 6.45) is 0.108. The second-order valence-corrected chi connectivity index (χ2v) is 7.69. The van der Waals surface area contributed by atoms with E-state index in [1.54, 1.807) is 0 Å². The molecule has 4 nitrogen and oxygen atoms in total. The first-order valence-electron chi connectivity index (χ1n) is 10.7. The fourth-order valence-corrected chi connectivity index (χ4v) is 4.17. The minimum atomic E-state index is -0.419. The molecule has 0 atom stereocenters. The van der Waals surface area contributed by atoms with Crippen LogP contribution in [0, 0.1) is 11.8 Å². The van der Waals surface area contributed by atoms with E-state index in [0.717, 1.165) is 16.6 Å². The predicted octanol–water partition coefficient (Wildman–Crippen LogP) is 5.52. The number of rotatable bonds is 4. The molecule has 32 heavy (non-hydrogen) atoms. The van der Waals surface area contributed by atoms with Gasteiger partial charge in [-0.2, -0.15) is 0 Å². The second kappa shape index (κ2) is 8.95. The molecule has 1 aliphatic carbocycles. The predicted molar refractivity (Wildman–Crippen MR) is 126 cm³/mol. The van der Waals surface area contributed by atoms with Gasteiger partial charge >= 0.3 is 6.09 Å². The zero-order valence-electron chi connectivity index (χ0n) is 17.5. The molecule has 0 fully saturated rings. The Kier molecular flexibility index (Phi) is 5.55. The molecule has 3 aromatic carbocycles. The summed E-state index contributed by atoms with van der Waals surface area (Å²) in [7, 11) is 0. The molecule has 0 saturated heterocycles. The van der Waals surface area contributed by atoms with E-state index in [2.05, 4.69) is 46.4 Å². The van der Waals surface area contributed by atoms with Crippen molar-refractivity contribution >= 4 is 17.0 Å². The summed E-state index contributed by atoms with van der Waals surface area (Å²) in [5, 5.41) is 3.88. The summed E-state index contributed by atoms with van der Waals surface area (Å²) in [4.78, 5) is 16.7. The lowest BCUT2D eigenvalue weighted by Crippen LogP contribution is -2.26. The van der Waals surface area contributed by atoms with Crippen molar-refractivity contribution in [3.05, 3.63) is 102 Å². The van der Waals surface area contributed by atoms with E-state index in [9.17, 15) is 4.79 Å². The third kappa shape index (κ3) is 4.06. The molecule has 5 rings (SSSR count). The zero-order chi connectivity index (χ0) is 21.8. The molecule has 4 heteroatoms. The Labute approximate surface area is 187 Å². The molecule has 1 heterocycles. The van der Waals surface area contributed by atoms with Gasteiger partial charge in [0.15, 0.2) is 0 Å². The highest BCUT2D eigenvalue weighted by Crippen LogP contribution is 2.44. The van der Waals surface area contributed by atoms with E-state index in [4.69, 9.17) is 4.74 Å². The van der Waals surface area contributed by atoms with E-state index in [1.165, 1.54) is 22.3 Å². The van der Waals surface area contributed by atoms with Gasteiger partial charge in [0.1, 0.15) is 12.3 Å². The molecular formula is C28H22N2O2. The Morgan fingerprint density at radius 1 is 0.875 bits per heavy atom. The molecule has 0 spiro atoms. The van der Waals surface area contributed by atoms with Crippen LogP contribution < -0.4 is 5.32 Å². The van der Waals surface area contributed by atoms with Crippen molar-refractivity contribution in [1.82, 2.24) is 10.3 Å². The number of amides is 1. The topological polar surface area (TPSA) is 51.2 Å². The van der Waals surface area contributed by atoms with Gasteiger partial charge in [-0.1, -0.05) is 78.7 Å². The Balaban J connectivity index is 1.13. The smallest absolute Gasteiger partial charge is 0.407 e. The van der Waals surface area contributed by atoms with Crippen molar-refractivity contribution in [2.75, 3.05) is 13.2 Å². The largest absolute Gasteiger partial charge is 0.449 e. The van der Waals surface area contributed by atoms with Crippen molar-refractivity contribution in [2.45, 2.75) is 12.3 Å². The number of aromatic nitrogens is 1. The Morgan fingerprint density at radius 3 is 2.34 bits per heavy atom. The minimum Gasteiger partial charge on any atom is -0.449 e. The van der Waals surface area contributed by atoms with Crippen LogP contribution in [0.15, 0.2) is 84.9 Å². The molecule has 0 radical (unpaired) electrons.